The fourth-order valence-electron chi connectivity index (χ4n) is 4.84. The maximum Gasteiger partial charge on any atom is 0.251 e. The van der Waals surface area contributed by atoms with Crippen molar-refractivity contribution in [2.24, 2.45) is 5.92 Å². The molecule has 0 unspecified atom stereocenters. The van der Waals surface area contributed by atoms with Crippen LogP contribution in [0, 0.1) is 12.8 Å². The second kappa shape index (κ2) is 4.60. The van der Waals surface area contributed by atoms with E-state index in [9.17, 15) is 4.79 Å². The summed E-state index contributed by atoms with van der Waals surface area (Å²) in [6.07, 6.45) is 6.70. The van der Waals surface area contributed by atoms with Crippen molar-refractivity contribution >= 4 is 16.9 Å². The van der Waals surface area contributed by atoms with Crippen LogP contribution in [0.4, 0.5) is 0 Å². The molecule has 2 aromatic rings. The number of nitrogens with zero attached hydrogens (tertiary/aromatic N) is 1. The molecule has 6 rings (SSSR count). The summed E-state index contributed by atoms with van der Waals surface area (Å²) in [5.41, 5.74) is 2.96. The highest BCUT2D eigenvalue weighted by Crippen LogP contribution is 2.53. The molecule has 23 heavy (non-hydrogen) atoms. The average molecular weight is 310 g/mol. The standard InChI is InChI=1S/C19H22N2O2/c1-12-11-23-16-3-2-14(10-15(12)16)18(22)20-17-13-4-8-21(9-5-13)19(17)6-7-19/h2-3,10-11,13,17H,4-9H2,1H3,(H,20,22)/t17-/m0/s1. The van der Waals surface area contributed by atoms with Gasteiger partial charge in [0.15, 0.2) is 0 Å². The minimum atomic E-state index is 0.0672. The molecule has 1 spiro atoms. The van der Waals surface area contributed by atoms with Crippen LogP contribution in [0.25, 0.3) is 11.0 Å². The fraction of sp³-hybridized carbons (Fsp3) is 0.526. The zero-order chi connectivity index (χ0) is 15.6. The summed E-state index contributed by atoms with van der Waals surface area (Å²) in [6, 6.07) is 6.07. The van der Waals surface area contributed by atoms with Crippen LogP contribution in [0.15, 0.2) is 28.9 Å². The first-order chi connectivity index (χ1) is 11.2. The molecule has 4 nitrogen and oxygen atoms in total. The van der Waals surface area contributed by atoms with E-state index in [1.807, 2.05) is 25.1 Å². The molecule has 120 valence electrons. The van der Waals surface area contributed by atoms with Gasteiger partial charge in [0.2, 0.25) is 0 Å². The molecule has 4 heterocycles. The van der Waals surface area contributed by atoms with Crippen molar-refractivity contribution in [2.75, 3.05) is 13.1 Å². The van der Waals surface area contributed by atoms with E-state index >= 15 is 0 Å². The summed E-state index contributed by atoms with van der Waals surface area (Å²) in [4.78, 5) is 15.4. The van der Waals surface area contributed by atoms with Crippen molar-refractivity contribution in [1.82, 2.24) is 10.2 Å². The average Bonchev–Trinajstić information content (AvgIpc) is 3.28. The Balaban J connectivity index is 1.43. The molecule has 1 atom stereocenters. The predicted molar refractivity (Wildman–Crippen MR) is 88.5 cm³/mol. The number of nitrogens with one attached hydrogen (secondary N) is 1. The second-order valence-corrected chi connectivity index (χ2v) is 7.51. The highest BCUT2D eigenvalue weighted by atomic mass is 16.3. The summed E-state index contributed by atoms with van der Waals surface area (Å²) < 4.78 is 5.48. The minimum Gasteiger partial charge on any atom is -0.464 e. The van der Waals surface area contributed by atoms with E-state index in [-0.39, 0.29) is 11.4 Å². The Morgan fingerprint density at radius 1 is 1.30 bits per heavy atom. The fourth-order valence-corrected chi connectivity index (χ4v) is 4.84. The van der Waals surface area contributed by atoms with Gasteiger partial charge in [0, 0.05) is 16.5 Å². The molecule has 4 fully saturated rings. The van der Waals surface area contributed by atoms with Gasteiger partial charge in [0.05, 0.1) is 12.3 Å². The zero-order valence-electron chi connectivity index (χ0n) is 13.5. The van der Waals surface area contributed by atoms with Crippen LogP contribution in [0.2, 0.25) is 0 Å². The topological polar surface area (TPSA) is 45.5 Å². The van der Waals surface area contributed by atoms with Crippen LogP contribution < -0.4 is 5.32 Å². The monoisotopic (exact) mass is 310 g/mol. The number of furan rings is 1. The Hall–Kier alpha value is -1.81. The van der Waals surface area contributed by atoms with Gasteiger partial charge in [-0.05, 0) is 75.4 Å². The van der Waals surface area contributed by atoms with Gasteiger partial charge in [-0.1, -0.05) is 0 Å². The van der Waals surface area contributed by atoms with Gasteiger partial charge in [-0.15, -0.1) is 0 Å². The zero-order valence-corrected chi connectivity index (χ0v) is 13.5. The largest absolute Gasteiger partial charge is 0.464 e. The quantitative estimate of drug-likeness (QED) is 0.927. The molecular weight excluding hydrogens is 288 g/mol. The molecule has 3 aliphatic heterocycles. The lowest BCUT2D eigenvalue weighted by Gasteiger charge is -2.52. The molecule has 1 aromatic heterocycles. The van der Waals surface area contributed by atoms with E-state index in [4.69, 9.17) is 4.42 Å². The van der Waals surface area contributed by atoms with Crippen LogP contribution in [-0.2, 0) is 0 Å². The minimum absolute atomic E-state index is 0.0672. The highest BCUT2D eigenvalue weighted by Gasteiger charge is 2.60. The van der Waals surface area contributed by atoms with E-state index in [0.717, 1.165) is 22.1 Å². The van der Waals surface area contributed by atoms with Crippen LogP contribution >= 0.6 is 0 Å². The van der Waals surface area contributed by atoms with E-state index in [1.165, 1.54) is 38.8 Å². The molecule has 1 aromatic carbocycles. The number of hydrogen-bond acceptors (Lipinski definition) is 3. The van der Waals surface area contributed by atoms with E-state index in [0.29, 0.717) is 12.0 Å². The molecular formula is C19H22N2O2. The maximum atomic E-state index is 12.8. The molecule has 3 saturated heterocycles. The van der Waals surface area contributed by atoms with Crippen molar-refractivity contribution in [3.63, 3.8) is 0 Å². The van der Waals surface area contributed by atoms with Crippen LogP contribution in [0.3, 0.4) is 0 Å². The van der Waals surface area contributed by atoms with Gasteiger partial charge in [-0.2, -0.15) is 0 Å². The first-order valence-corrected chi connectivity index (χ1v) is 8.71. The van der Waals surface area contributed by atoms with Gasteiger partial charge < -0.3 is 9.73 Å². The lowest BCUT2D eigenvalue weighted by Crippen LogP contribution is -2.65. The lowest BCUT2D eigenvalue weighted by atomic mass is 9.77. The van der Waals surface area contributed by atoms with Gasteiger partial charge in [0.25, 0.3) is 5.91 Å². The van der Waals surface area contributed by atoms with Crippen molar-refractivity contribution in [3.05, 3.63) is 35.6 Å². The van der Waals surface area contributed by atoms with Gasteiger partial charge in [-0.3, -0.25) is 9.69 Å². The third-order valence-electron chi connectivity index (χ3n) is 6.30. The number of amides is 1. The molecule has 4 aliphatic rings. The van der Waals surface area contributed by atoms with Gasteiger partial charge in [0.1, 0.15) is 5.58 Å². The van der Waals surface area contributed by atoms with Crippen LogP contribution in [0.1, 0.15) is 41.6 Å². The normalized spacial score (nSPS) is 30.7. The molecule has 1 amide bonds. The maximum absolute atomic E-state index is 12.8. The van der Waals surface area contributed by atoms with E-state index in [2.05, 4.69) is 10.2 Å². The number of piperidine rings is 3. The van der Waals surface area contributed by atoms with E-state index < -0.39 is 0 Å². The molecule has 4 heteroatoms. The Morgan fingerprint density at radius 3 is 2.83 bits per heavy atom. The molecule has 1 aliphatic carbocycles. The van der Waals surface area contributed by atoms with Crippen molar-refractivity contribution in [2.45, 2.75) is 44.2 Å². The first-order valence-electron chi connectivity index (χ1n) is 8.71. The number of aryl methyl sites for hydroxylation is 1. The molecule has 1 saturated carbocycles. The lowest BCUT2D eigenvalue weighted by molar-refractivity contribution is -0.00144. The number of hydrogen-bond donors (Lipinski definition) is 1. The first kappa shape index (κ1) is 13.6. The SMILES string of the molecule is Cc1coc2ccc(C(=O)N[C@H]3C4CCN(CC4)C34CC4)cc12. The summed E-state index contributed by atoms with van der Waals surface area (Å²) >= 11 is 0. The van der Waals surface area contributed by atoms with Gasteiger partial charge >= 0.3 is 0 Å². The predicted octanol–water partition coefficient (Wildman–Crippen LogP) is 3.10. The van der Waals surface area contributed by atoms with Crippen LogP contribution in [-0.4, -0.2) is 35.5 Å². The number of carbonyl (C=O) groups excluding carboxylic acids is 1. The van der Waals surface area contributed by atoms with Crippen molar-refractivity contribution in [3.8, 4) is 0 Å². The number of benzene rings is 1. The van der Waals surface area contributed by atoms with Crippen molar-refractivity contribution < 1.29 is 9.21 Å². The number of carbonyl (C=O) groups is 1. The Kier molecular flexibility index (Phi) is 2.72. The Labute approximate surface area is 135 Å². The molecule has 2 bridgehead atoms. The third kappa shape index (κ3) is 1.91. The number of fused-ring (bicyclic) bond motifs is 3. The summed E-state index contributed by atoms with van der Waals surface area (Å²) in [7, 11) is 0. The Morgan fingerprint density at radius 2 is 2.09 bits per heavy atom. The molecule has 1 N–H and O–H groups in total. The number of rotatable bonds is 2. The second-order valence-electron chi connectivity index (χ2n) is 7.51. The van der Waals surface area contributed by atoms with E-state index in [1.54, 1.807) is 6.26 Å². The van der Waals surface area contributed by atoms with Crippen molar-refractivity contribution in [1.29, 1.82) is 0 Å². The molecule has 0 radical (unpaired) electrons. The third-order valence-corrected chi connectivity index (χ3v) is 6.30. The van der Waals surface area contributed by atoms with Gasteiger partial charge in [-0.25, -0.2) is 0 Å². The Bertz CT molecular complexity index is 782. The van der Waals surface area contributed by atoms with Crippen LogP contribution in [0.5, 0.6) is 0 Å². The smallest absolute Gasteiger partial charge is 0.251 e. The summed E-state index contributed by atoms with van der Waals surface area (Å²) in [6.45, 7) is 4.45. The summed E-state index contributed by atoms with van der Waals surface area (Å²) in [5, 5.41) is 4.42. The summed E-state index contributed by atoms with van der Waals surface area (Å²) in [5.74, 6) is 0.725. The highest BCUT2D eigenvalue weighted by molar-refractivity contribution is 5.98.